The van der Waals surface area contributed by atoms with Gasteiger partial charge < -0.3 is 5.11 Å². The normalized spacial score (nSPS) is 10.6. The Labute approximate surface area is 108 Å². The van der Waals surface area contributed by atoms with Crippen LogP contribution >= 0.6 is 34.9 Å². The number of hydrogen-bond acceptors (Lipinski definition) is 8. The Kier molecular flexibility index (Phi) is 3.86. The molecule has 1 N–H and O–H groups in total. The molecule has 90 valence electrons. The van der Waals surface area contributed by atoms with Gasteiger partial charge in [-0.15, -0.1) is 10.2 Å². The fraction of sp³-hybridized carbons (Fsp3) is 0.333. The van der Waals surface area contributed by atoms with E-state index in [2.05, 4.69) is 25.1 Å². The minimum atomic E-state index is -1.01. The fourth-order valence-corrected chi connectivity index (χ4v) is 2.55. The molecule has 0 fully saturated rings. The topological polar surface area (TPSA) is 107 Å². The Morgan fingerprint density at radius 3 is 3.00 bits per heavy atom. The van der Waals surface area contributed by atoms with Crippen LogP contribution in [-0.4, -0.2) is 40.9 Å². The van der Waals surface area contributed by atoms with E-state index in [4.69, 9.17) is 16.7 Å². The van der Waals surface area contributed by atoms with Crippen LogP contribution in [0.25, 0.3) is 0 Å². The Bertz CT molecular complexity index is 528. The Balaban J connectivity index is 2.02. The van der Waals surface area contributed by atoms with E-state index in [-0.39, 0.29) is 6.54 Å². The van der Waals surface area contributed by atoms with Crippen molar-refractivity contribution in [3.8, 4) is 0 Å². The predicted molar refractivity (Wildman–Crippen MR) is 59.9 cm³/mol. The van der Waals surface area contributed by atoms with Crippen molar-refractivity contribution in [1.29, 1.82) is 0 Å². The first-order valence-electron chi connectivity index (χ1n) is 4.24. The lowest BCUT2D eigenvalue weighted by Crippen LogP contribution is -2.11. The van der Waals surface area contributed by atoms with Gasteiger partial charge in [-0.1, -0.05) is 27.9 Å². The number of thioether (sulfide) groups is 1. The summed E-state index contributed by atoms with van der Waals surface area (Å²) in [5, 5.41) is 23.6. The summed E-state index contributed by atoms with van der Waals surface area (Å²) in [5.74, 6) is -0.567. The summed E-state index contributed by atoms with van der Waals surface area (Å²) in [4.78, 5) is 10.5. The molecule has 0 spiro atoms. The number of hydrogen-bond donors (Lipinski definition) is 1. The molecule has 0 bridgehead atoms. The summed E-state index contributed by atoms with van der Waals surface area (Å²) < 4.78 is 5.39. The molecule has 2 aromatic heterocycles. The molecule has 0 aliphatic heterocycles. The number of carboxylic acids is 1. The predicted octanol–water partition coefficient (Wildman–Crippen LogP) is 0.555. The summed E-state index contributed by atoms with van der Waals surface area (Å²) >= 11 is 8.18. The van der Waals surface area contributed by atoms with Gasteiger partial charge in [-0.05, 0) is 10.4 Å². The number of aliphatic carboxylic acids is 1. The van der Waals surface area contributed by atoms with Crippen molar-refractivity contribution in [2.24, 2.45) is 0 Å². The van der Waals surface area contributed by atoms with Crippen LogP contribution in [-0.2, 0) is 17.1 Å². The van der Waals surface area contributed by atoms with Gasteiger partial charge in [0.2, 0.25) is 5.16 Å². The Morgan fingerprint density at radius 1 is 1.53 bits per heavy atom. The maximum absolute atomic E-state index is 10.5. The second kappa shape index (κ2) is 5.38. The molecule has 17 heavy (non-hydrogen) atoms. The smallest absolute Gasteiger partial charge is 0.325 e. The van der Waals surface area contributed by atoms with Gasteiger partial charge in [-0.2, -0.15) is 0 Å². The number of nitrogens with zero attached hydrogens (tertiary/aromatic N) is 6. The molecule has 2 aromatic rings. The third kappa shape index (κ3) is 3.11. The summed E-state index contributed by atoms with van der Waals surface area (Å²) in [6.07, 6.45) is 0. The number of tetrazole rings is 1. The van der Waals surface area contributed by atoms with E-state index in [1.807, 2.05) is 0 Å². The van der Waals surface area contributed by atoms with Crippen molar-refractivity contribution in [1.82, 2.24) is 29.8 Å². The van der Waals surface area contributed by atoms with Crippen LogP contribution in [0.5, 0.6) is 0 Å². The standard InChI is InChI=1S/C6H5ClN6O2S2/c7-5-3(8-12-17-5)2-16-6-9-10-11-13(6)1-4(14)15/h1-2H2,(H,14,15). The molecule has 11 heteroatoms. The SMILES string of the molecule is O=C(O)Cn1nnnc1SCc1nnsc1Cl. The average Bonchev–Trinajstić information content (AvgIpc) is 2.84. The largest absolute Gasteiger partial charge is 0.480 e. The quantitative estimate of drug-likeness (QED) is 0.796. The van der Waals surface area contributed by atoms with Gasteiger partial charge in [-0.25, -0.2) is 4.68 Å². The van der Waals surface area contributed by atoms with Gasteiger partial charge in [0, 0.05) is 17.3 Å². The molecule has 0 aliphatic carbocycles. The van der Waals surface area contributed by atoms with Crippen molar-refractivity contribution in [3.05, 3.63) is 10.0 Å². The van der Waals surface area contributed by atoms with Crippen LogP contribution in [0.2, 0.25) is 4.34 Å². The second-order valence-corrected chi connectivity index (χ2v) is 5.09. The monoisotopic (exact) mass is 292 g/mol. The minimum absolute atomic E-state index is 0.279. The Hall–Kier alpha value is -1.26. The van der Waals surface area contributed by atoms with Crippen LogP contribution in [0.4, 0.5) is 0 Å². The summed E-state index contributed by atoms with van der Waals surface area (Å²) in [6, 6.07) is 0. The lowest BCUT2D eigenvalue weighted by atomic mass is 10.6. The van der Waals surface area contributed by atoms with Crippen molar-refractivity contribution < 1.29 is 9.90 Å². The maximum Gasteiger partial charge on any atom is 0.325 e. The summed E-state index contributed by atoms with van der Waals surface area (Å²) in [5.41, 5.74) is 0.631. The average molecular weight is 293 g/mol. The molecule has 0 saturated carbocycles. The zero-order valence-corrected chi connectivity index (χ0v) is 10.5. The van der Waals surface area contributed by atoms with E-state index in [1.54, 1.807) is 0 Å². The van der Waals surface area contributed by atoms with Gasteiger partial charge in [0.25, 0.3) is 0 Å². The van der Waals surface area contributed by atoms with E-state index < -0.39 is 5.97 Å². The third-order valence-corrected chi connectivity index (χ3v) is 3.58. The van der Waals surface area contributed by atoms with Gasteiger partial charge in [0.1, 0.15) is 16.6 Å². The van der Waals surface area contributed by atoms with E-state index in [1.165, 1.54) is 16.4 Å². The highest BCUT2D eigenvalue weighted by atomic mass is 35.5. The van der Waals surface area contributed by atoms with Crippen molar-refractivity contribution >= 4 is 40.9 Å². The van der Waals surface area contributed by atoms with Crippen LogP contribution in [0.15, 0.2) is 5.16 Å². The highest BCUT2D eigenvalue weighted by Gasteiger charge is 2.12. The van der Waals surface area contributed by atoms with Crippen LogP contribution in [0.3, 0.4) is 0 Å². The maximum atomic E-state index is 10.5. The van der Waals surface area contributed by atoms with Crippen LogP contribution in [0.1, 0.15) is 5.69 Å². The van der Waals surface area contributed by atoms with Gasteiger partial charge in [-0.3, -0.25) is 4.79 Å². The molecule has 0 saturated heterocycles. The van der Waals surface area contributed by atoms with Crippen LogP contribution in [0, 0.1) is 0 Å². The number of carboxylic acid groups (broad SMARTS) is 1. The molecule has 2 rings (SSSR count). The molecular formula is C6H5ClN6O2S2. The molecule has 0 aliphatic rings. The van der Waals surface area contributed by atoms with Gasteiger partial charge in [0.05, 0.1) is 0 Å². The summed E-state index contributed by atoms with van der Waals surface area (Å²) in [7, 11) is 0. The van der Waals surface area contributed by atoms with Crippen LogP contribution < -0.4 is 0 Å². The fourth-order valence-electron chi connectivity index (χ4n) is 0.943. The first kappa shape index (κ1) is 12.2. The highest BCUT2D eigenvalue weighted by molar-refractivity contribution is 7.98. The number of rotatable bonds is 5. The molecule has 0 atom stereocenters. The number of aromatic nitrogens is 6. The van der Waals surface area contributed by atoms with Gasteiger partial charge in [0.15, 0.2) is 0 Å². The van der Waals surface area contributed by atoms with E-state index in [9.17, 15) is 4.79 Å². The van der Waals surface area contributed by atoms with E-state index >= 15 is 0 Å². The highest BCUT2D eigenvalue weighted by Crippen LogP contribution is 2.25. The van der Waals surface area contributed by atoms with E-state index in [0.29, 0.717) is 20.9 Å². The zero-order chi connectivity index (χ0) is 12.3. The first-order chi connectivity index (χ1) is 8.16. The van der Waals surface area contributed by atoms with Crippen molar-refractivity contribution in [3.63, 3.8) is 0 Å². The molecule has 0 unspecified atom stereocenters. The van der Waals surface area contributed by atoms with Gasteiger partial charge >= 0.3 is 5.97 Å². The second-order valence-electron chi connectivity index (χ2n) is 2.79. The van der Waals surface area contributed by atoms with E-state index in [0.717, 1.165) is 11.5 Å². The zero-order valence-electron chi connectivity index (χ0n) is 8.15. The lowest BCUT2D eigenvalue weighted by Gasteiger charge is -1.99. The first-order valence-corrected chi connectivity index (χ1v) is 6.38. The summed E-state index contributed by atoms with van der Waals surface area (Å²) in [6.45, 7) is -0.279. The molecule has 8 nitrogen and oxygen atoms in total. The molecule has 2 heterocycles. The number of carbonyl (C=O) groups is 1. The Morgan fingerprint density at radius 2 is 2.35 bits per heavy atom. The number of halogens is 1. The molecule has 0 aromatic carbocycles. The van der Waals surface area contributed by atoms with Crippen molar-refractivity contribution in [2.45, 2.75) is 17.5 Å². The molecule has 0 radical (unpaired) electrons. The van der Waals surface area contributed by atoms with Crippen molar-refractivity contribution in [2.75, 3.05) is 0 Å². The molecule has 0 amide bonds. The third-order valence-electron chi connectivity index (χ3n) is 1.63. The minimum Gasteiger partial charge on any atom is -0.480 e. The lowest BCUT2D eigenvalue weighted by molar-refractivity contribution is -0.138. The molecular weight excluding hydrogens is 288 g/mol.